The molecule has 0 fully saturated rings. The Labute approximate surface area is 169 Å². The summed E-state index contributed by atoms with van der Waals surface area (Å²) >= 11 is 0. The smallest absolute Gasteiger partial charge is 0.269 e. The van der Waals surface area contributed by atoms with Gasteiger partial charge in [0, 0.05) is 0 Å². The van der Waals surface area contributed by atoms with Gasteiger partial charge in [0.1, 0.15) is 6.54 Å². The van der Waals surface area contributed by atoms with Crippen LogP contribution in [-0.4, -0.2) is 28.7 Å². The molecule has 2 aromatic carbocycles. The first kappa shape index (κ1) is 20.4. The van der Waals surface area contributed by atoms with Gasteiger partial charge in [0.25, 0.3) is 5.56 Å². The van der Waals surface area contributed by atoms with Crippen LogP contribution in [0.4, 0.5) is 0 Å². The first-order valence-electron chi connectivity index (χ1n) is 9.67. The molecule has 152 valence electrons. The Morgan fingerprint density at radius 3 is 2.59 bits per heavy atom. The minimum absolute atomic E-state index is 0.0818. The molecule has 0 aliphatic heterocycles. The van der Waals surface area contributed by atoms with E-state index in [9.17, 15) is 9.59 Å². The summed E-state index contributed by atoms with van der Waals surface area (Å²) in [4.78, 5) is 29.0. The van der Waals surface area contributed by atoms with Crippen LogP contribution >= 0.6 is 0 Å². The highest BCUT2D eigenvalue weighted by Crippen LogP contribution is 2.30. The highest BCUT2D eigenvalue weighted by atomic mass is 16.5. The Kier molecular flexibility index (Phi) is 6.49. The van der Waals surface area contributed by atoms with Crippen molar-refractivity contribution in [3.63, 3.8) is 0 Å². The fourth-order valence-electron chi connectivity index (χ4n) is 3.13. The molecule has 0 aliphatic carbocycles. The Morgan fingerprint density at radius 2 is 1.83 bits per heavy atom. The van der Waals surface area contributed by atoms with Gasteiger partial charge >= 0.3 is 0 Å². The predicted octanol–water partition coefficient (Wildman–Crippen LogP) is 3.07. The zero-order chi connectivity index (χ0) is 20.8. The fraction of sp³-hybridized carbons (Fsp3) is 0.318. The predicted molar refractivity (Wildman–Crippen MR) is 111 cm³/mol. The lowest BCUT2D eigenvalue weighted by molar-refractivity contribution is -0.122. The molecule has 7 nitrogen and oxygen atoms in total. The minimum atomic E-state index is -0.314. The Bertz CT molecular complexity index is 1060. The summed E-state index contributed by atoms with van der Waals surface area (Å²) < 4.78 is 12.7. The fourth-order valence-corrected chi connectivity index (χ4v) is 3.13. The number of rotatable bonds is 8. The third kappa shape index (κ3) is 4.74. The van der Waals surface area contributed by atoms with Crippen molar-refractivity contribution in [2.45, 2.75) is 33.4 Å². The molecule has 29 heavy (non-hydrogen) atoms. The van der Waals surface area contributed by atoms with Crippen molar-refractivity contribution in [2.24, 2.45) is 0 Å². The van der Waals surface area contributed by atoms with Gasteiger partial charge in [0.2, 0.25) is 5.91 Å². The molecule has 0 saturated heterocycles. The number of nitrogens with one attached hydrogen (secondary N) is 1. The van der Waals surface area contributed by atoms with E-state index < -0.39 is 0 Å². The number of fused-ring (bicyclic) bond motifs is 1. The maximum atomic E-state index is 12.6. The number of ether oxygens (including phenoxy) is 2. The number of benzene rings is 2. The van der Waals surface area contributed by atoms with E-state index in [-0.39, 0.29) is 24.1 Å². The number of carbonyl (C=O) groups is 1. The number of aromatic nitrogens is 2. The Balaban J connectivity index is 1.77. The normalized spacial score (nSPS) is 11.8. The Hall–Kier alpha value is -3.35. The number of para-hydroxylation sites is 2. The molecule has 0 spiro atoms. The second-order valence-electron chi connectivity index (χ2n) is 6.53. The molecule has 1 heterocycles. The molecule has 3 aromatic rings. The lowest BCUT2D eigenvalue weighted by atomic mass is 10.1. The first-order chi connectivity index (χ1) is 14.0. The van der Waals surface area contributed by atoms with E-state index >= 15 is 0 Å². The molecule has 7 heteroatoms. The molecule has 1 N–H and O–H groups in total. The summed E-state index contributed by atoms with van der Waals surface area (Å²) in [6.45, 7) is 6.68. The molecule has 0 aliphatic rings. The molecule has 0 saturated carbocycles. The highest BCUT2D eigenvalue weighted by Gasteiger charge is 2.15. The topological polar surface area (TPSA) is 82.5 Å². The monoisotopic (exact) mass is 395 g/mol. The lowest BCUT2D eigenvalue weighted by Crippen LogP contribution is -2.34. The van der Waals surface area contributed by atoms with Crippen LogP contribution in [0.25, 0.3) is 11.0 Å². The molecular formula is C22H25N3O4. The summed E-state index contributed by atoms with van der Waals surface area (Å²) in [5.41, 5.74) is 1.87. The van der Waals surface area contributed by atoms with E-state index in [1.165, 1.54) is 10.8 Å². The van der Waals surface area contributed by atoms with E-state index in [1.54, 1.807) is 12.1 Å². The quantitative estimate of drug-likeness (QED) is 0.634. The zero-order valence-corrected chi connectivity index (χ0v) is 16.8. The average molecular weight is 395 g/mol. The first-order valence-corrected chi connectivity index (χ1v) is 9.67. The second kappa shape index (κ2) is 9.23. The third-order valence-electron chi connectivity index (χ3n) is 4.50. The van der Waals surface area contributed by atoms with E-state index in [0.29, 0.717) is 35.7 Å². The van der Waals surface area contributed by atoms with Gasteiger partial charge in [0.05, 0.1) is 36.5 Å². The van der Waals surface area contributed by atoms with E-state index in [2.05, 4.69) is 10.3 Å². The second-order valence-corrected chi connectivity index (χ2v) is 6.53. The van der Waals surface area contributed by atoms with Gasteiger partial charge in [-0.25, -0.2) is 4.98 Å². The van der Waals surface area contributed by atoms with Crippen LogP contribution in [0.15, 0.2) is 53.5 Å². The molecule has 3 rings (SSSR count). The SMILES string of the molecule is CCOc1ccc(C(C)NC(=O)Cn2c(=O)cnc3ccccc32)cc1OCC. The lowest BCUT2D eigenvalue weighted by Gasteiger charge is -2.18. The van der Waals surface area contributed by atoms with Crippen LogP contribution in [-0.2, 0) is 11.3 Å². The molecule has 1 atom stereocenters. The maximum Gasteiger partial charge on any atom is 0.269 e. The number of hydrogen-bond acceptors (Lipinski definition) is 5. The molecule has 0 bridgehead atoms. The number of carbonyl (C=O) groups excluding carboxylic acids is 1. The van der Waals surface area contributed by atoms with Crippen molar-refractivity contribution in [1.82, 2.24) is 14.9 Å². The van der Waals surface area contributed by atoms with Crippen LogP contribution in [0, 0.1) is 0 Å². The minimum Gasteiger partial charge on any atom is -0.490 e. The van der Waals surface area contributed by atoms with Gasteiger partial charge in [-0.05, 0) is 50.6 Å². The van der Waals surface area contributed by atoms with Crippen LogP contribution in [0.2, 0.25) is 0 Å². The molecule has 0 radical (unpaired) electrons. The summed E-state index contributed by atoms with van der Waals surface area (Å²) in [7, 11) is 0. The number of nitrogens with zero attached hydrogens (tertiary/aromatic N) is 2. The molecular weight excluding hydrogens is 370 g/mol. The van der Waals surface area contributed by atoms with E-state index in [4.69, 9.17) is 9.47 Å². The summed E-state index contributed by atoms with van der Waals surface area (Å²) in [6.07, 6.45) is 1.24. The van der Waals surface area contributed by atoms with Crippen molar-refractivity contribution >= 4 is 16.9 Å². The molecule has 1 amide bonds. The van der Waals surface area contributed by atoms with Gasteiger partial charge in [-0.15, -0.1) is 0 Å². The zero-order valence-electron chi connectivity index (χ0n) is 16.8. The van der Waals surface area contributed by atoms with Crippen molar-refractivity contribution in [3.8, 4) is 11.5 Å². The molecule has 1 unspecified atom stereocenters. The van der Waals surface area contributed by atoms with Crippen LogP contribution < -0.4 is 20.3 Å². The highest BCUT2D eigenvalue weighted by molar-refractivity contribution is 5.80. The van der Waals surface area contributed by atoms with Gasteiger partial charge in [0.15, 0.2) is 11.5 Å². The summed E-state index contributed by atoms with van der Waals surface area (Å²) in [6, 6.07) is 12.6. The average Bonchev–Trinajstić information content (AvgIpc) is 2.71. The van der Waals surface area contributed by atoms with Crippen molar-refractivity contribution in [1.29, 1.82) is 0 Å². The van der Waals surface area contributed by atoms with Crippen molar-refractivity contribution in [3.05, 3.63) is 64.6 Å². The third-order valence-corrected chi connectivity index (χ3v) is 4.50. The summed E-state index contributed by atoms with van der Waals surface area (Å²) in [5, 5.41) is 2.94. The number of hydrogen-bond donors (Lipinski definition) is 1. The van der Waals surface area contributed by atoms with Gasteiger partial charge in [-0.3, -0.25) is 14.2 Å². The Morgan fingerprint density at radius 1 is 1.10 bits per heavy atom. The summed E-state index contributed by atoms with van der Waals surface area (Å²) in [5.74, 6) is 1.05. The molecule has 1 aromatic heterocycles. The van der Waals surface area contributed by atoms with E-state index in [1.807, 2.05) is 51.1 Å². The van der Waals surface area contributed by atoms with Gasteiger partial charge < -0.3 is 14.8 Å². The van der Waals surface area contributed by atoms with Crippen LogP contribution in [0.1, 0.15) is 32.4 Å². The van der Waals surface area contributed by atoms with Crippen molar-refractivity contribution < 1.29 is 14.3 Å². The van der Waals surface area contributed by atoms with E-state index in [0.717, 1.165) is 5.56 Å². The standard InChI is InChI=1S/C22H25N3O4/c1-4-28-19-11-10-16(12-20(19)29-5-2)15(3)24-21(26)14-25-18-9-7-6-8-17(18)23-13-22(25)27/h6-13,15H,4-5,14H2,1-3H3,(H,24,26). The maximum absolute atomic E-state index is 12.6. The van der Waals surface area contributed by atoms with Gasteiger partial charge in [-0.1, -0.05) is 18.2 Å². The number of amides is 1. The van der Waals surface area contributed by atoms with Crippen LogP contribution in [0.3, 0.4) is 0 Å². The largest absolute Gasteiger partial charge is 0.490 e. The van der Waals surface area contributed by atoms with Crippen molar-refractivity contribution in [2.75, 3.05) is 13.2 Å². The van der Waals surface area contributed by atoms with Crippen LogP contribution in [0.5, 0.6) is 11.5 Å². The van der Waals surface area contributed by atoms with Gasteiger partial charge in [-0.2, -0.15) is 0 Å².